The predicted molar refractivity (Wildman–Crippen MR) is 49.4 cm³/mol. The molecule has 72 valence electrons. The van der Waals surface area contributed by atoms with Crippen LogP contribution in [0, 0.1) is 5.41 Å². The molecule has 0 aliphatic carbocycles. The molecule has 0 amide bonds. The highest BCUT2D eigenvalue weighted by atomic mass is 35.7. The van der Waals surface area contributed by atoms with Crippen LogP contribution in [0.25, 0.3) is 0 Å². The maximum Gasteiger partial charge on any atom is 0.299 e. The summed E-state index contributed by atoms with van der Waals surface area (Å²) in [5.41, 5.74) is 0.0697. The Bertz CT molecular complexity index is 261. The Morgan fingerprint density at radius 3 is 2.33 bits per heavy atom. The minimum atomic E-state index is -3.49. The van der Waals surface area contributed by atoms with Crippen LogP contribution in [-0.4, -0.2) is 25.8 Å². The quantitative estimate of drug-likeness (QED) is 0.618. The normalized spacial score (nSPS) is 25.6. The van der Waals surface area contributed by atoms with Gasteiger partial charge in [0.1, 0.15) is 0 Å². The smallest absolute Gasteiger partial charge is 0.195 e. The van der Waals surface area contributed by atoms with Gasteiger partial charge in [0.2, 0.25) is 0 Å². The Morgan fingerprint density at radius 1 is 1.42 bits per heavy atom. The molecule has 0 aromatic heterocycles. The number of rotatable bonds is 1. The molecule has 0 spiro atoms. The zero-order valence-electron chi connectivity index (χ0n) is 7.38. The van der Waals surface area contributed by atoms with Gasteiger partial charge in [-0.25, -0.2) is 0 Å². The van der Waals surface area contributed by atoms with E-state index in [0.29, 0.717) is 13.1 Å². The summed E-state index contributed by atoms with van der Waals surface area (Å²) in [6.45, 7) is 5.22. The van der Waals surface area contributed by atoms with Crippen LogP contribution in [0.2, 0.25) is 0 Å². The van der Waals surface area contributed by atoms with Gasteiger partial charge < -0.3 is 0 Å². The molecule has 1 rings (SSSR count). The lowest BCUT2D eigenvalue weighted by atomic mass is 9.85. The summed E-state index contributed by atoms with van der Waals surface area (Å²) in [7, 11) is 1.75. The summed E-state index contributed by atoms with van der Waals surface area (Å²) < 4.78 is 23.3. The summed E-state index contributed by atoms with van der Waals surface area (Å²) in [6, 6.07) is 0. The first-order valence-corrected chi connectivity index (χ1v) is 6.28. The first kappa shape index (κ1) is 10.3. The lowest BCUT2D eigenvalue weighted by Gasteiger charge is -2.35. The average molecular weight is 212 g/mol. The monoisotopic (exact) mass is 211 g/mol. The van der Waals surface area contributed by atoms with E-state index in [9.17, 15) is 8.42 Å². The Balaban J connectivity index is 2.71. The van der Waals surface area contributed by atoms with Gasteiger partial charge in [-0.3, -0.25) is 0 Å². The van der Waals surface area contributed by atoms with Crippen molar-refractivity contribution in [3.8, 4) is 0 Å². The number of hydrogen-bond acceptors (Lipinski definition) is 2. The van der Waals surface area contributed by atoms with E-state index in [0.717, 1.165) is 12.8 Å². The fourth-order valence-electron chi connectivity index (χ4n) is 1.56. The molecule has 1 aliphatic rings. The van der Waals surface area contributed by atoms with Gasteiger partial charge in [0.05, 0.1) is 0 Å². The summed E-state index contributed by atoms with van der Waals surface area (Å²) in [6.07, 6.45) is 1.97. The molecule has 0 atom stereocenters. The minimum Gasteiger partial charge on any atom is -0.195 e. The molecule has 1 aliphatic heterocycles. The lowest BCUT2D eigenvalue weighted by molar-refractivity contribution is 0.189. The van der Waals surface area contributed by atoms with E-state index in [1.165, 1.54) is 4.31 Å². The van der Waals surface area contributed by atoms with Gasteiger partial charge in [0.15, 0.2) is 0 Å². The zero-order chi connectivity index (χ0) is 9.41. The van der Waals surface area contributed by atoms with Gasteiger partial charge in [-0.2, -0.15) is 12.7 Å². The van der Waals surface area contributed by atoms with Gasteiger partial charge in [-0.1, -0.05) is 13.8 Å². The molecule has 5 heteroatoms. The molecular formula is C7H14ClNO2S. The summed E-state index contributed by atoms with van der Waals surface area (Å²) in [5, 5.41) is 0. The molecule has 0 aromatic rings. The van der Waals surface area contributed by atoms with Crippen molar-refractivity contribution >= 4 is 19.9 Å². The van der Waals surface area contributed by atoms with Crippen molar-refractivity contribution < 1.29 is 8.42 Å². The topological polar surface area (TPSA) is 37.4 Å². The van der Waals surface area contributed by atoms with Crippen molar-refractivity contribution in [2.75, 3.05) is 13.1 Å². The van der Waals surface area contributed by atoms with E-state index in [2.05, 4.69) is 13.8 Å². The first-order chi connectivity index (χ1) is 5.31. The van der Waals surface area contributed by atoms with Crippen molar-refractivity contribution in [2.45, 2.75) is 26.7 Å². The third-order valence-corrected chi connectivity index (χ3v) is 3.69. The summed E-state index contributed by atoms with van der Waals surface area (Å²) in [5.74, 6) is 0. The number of hydrogen-bond donors (Lipinski definition) is 0. The van der Waals surface area contributed by atoms with Gasteiger partial charge >= 0.3 is 0 Å². The highest BCUT2D eigenvalue weighted by Gasteiger charge is 2.31. The molecule has 3 nitrogen and oxygen atoms in total. The molecular weight excluding hydrogens is 198 g/mol. The number of nitrogens with zero attached hydrogens (tertiary/aromatic N) is 1. The van der Waals surface area contributed by atoms with Crippen LogP contribution in [-0.2, 0) is 9.24 Å². The second-order valence-corrected chi connectivity index (χ2v) is 6.55. The number of piperidine rings is 1. The average Bonchev–Trinajstić information content (AvgIpc) is 1.83. The first-order valence-electron chi connectivity index (χ1n) is 4.01. The lowest BCUT2D eigenvalue weighted by Crippen LogP contribution is -2.41. The van der Waals surface area contributed by atoms with Gasteiger partial charge in [0.25, 0.3) is 9.24 Å². The van der Waals surface area contributed by atoms with E-state index < -0.39 is 9.24 Å². The third-order valence-electron chi connectivity index (χ3n) is 2.17. The fraction of sp³-hybridized carbons (Fsp3) is 1.00. The molecule has 0 aromatic carbocycles. The zero-order valence-corrected chi connectivity index (χ0v) is 8.95. The predicted octanol–water partition coefficient (Wildman–Crippen LogP) is 1.59. The highest BCUT2D eigenvalue weighted by Crippen LogP contribution is 2.30. The molecule has 0 N–H and O–H groups in total. The molecule has 0 bridgehead atoms. The van der Waals surface area contributed by atoms with Crippen LogP contribution in [0.15, 0.2) is 0 Å². The van der Waals surface area contributed by atoms with Crippen LogP contribution in [0.1, 0.15) is 26.7 Å². The molecule has 1 fully saturated rings. The molecule has 1 heterocycles. The summed E-state index contributed by atoms with van der Waals surface area (Å²) in [4.78, 5) is 0. The Labute approximate surface area is 78.3 Å². The van der Waals surface area contributed by atoms with Crippen molar-refractivity contribution in [3.05, 3.63) is 0 Å². The molecule has 0 unspecified atom stereocenters. The van der Waals surface area contributed by atoms with Crippen LogP contribution in [0.4, 0.5) is 0 Å². The largest absolute Gasteiger partial charge is 0.299 e. The second kappa shape index (κ2) is 3.16. The van der Waals surface area contributed by atoms with Gasteiger partial charge in [-0.05, 0) is 18.3 Å². The maximum absolute atomic E-state index is 11.0. The Kier molecular flexibility index (Phi) is 2.71. The molecule has 12 heavy (non-hydrogen) atoms. The van der Waals surface area contributed by atoms with Crippen molar-refractivity contribution in [1.82, 2.24) is 4.31 Å². The van der Waals surface area contributed by atoms with Crippen molar-refractivity contribution in [2.24, 2.45) is 5.41 Å². The third kappa shape index (κ3) is 2.61. The molecule has 1 saturated heterocycles. The SMILES string of the molecule is CC1(C)CCCN(S(=O)(=O)Cl)C1. The van der Waals surface area contributed by atoms with E-state index in [1.807, 2.05) is 0 Å². The van der Waals surface area contributed by atoms with E-state index in [1.54, 1.807) is 0 Å². The summed E-state index contributed by atoms with van der Waals surface area (Å²) >= 11 is 0. The standard InChI is InChI=1S/C7H14ClNO2S/c1-7(2)4-3-5-9(6-7)12(8,10)11/h3-6H2,1-2H3. The Morgan fingerprint density at radius 2 is 2.00 bits per heavy atom. The van der Waals surface area contributed by atoms with Crippen LogP contribution in [0.3, 0.4) is 0 Å². The minimum absolute atomic E-state index is 0.0697. The van der Waals surface area contributed by atoms with Gasteiger partial charge in [0, 0.05) is 23.8 Å². The van der Waals surface area contributed by atoms with Crippen molar-refractivity contribution in [1.29, 1.82) is 0 Å². The molecule has 0 radical (unpaired) electrons. The van der Waals surface area contributed by atoms with Crippen LogP contribution < -0.4 is 0 Å². The highest BCUT2D eigenvalue weighted by molar-refractivity contribution is 8.11. The Hall–Kier alpha value is 0.200. The maximum atomic E-state index is 11.0. The van der Waals surface area contributed by atoms with E-state index in [4.69, 9.17) is 10.7 Å². The van der Waals surface area contributed by atoms with Crippen LogP contribution >= 0.6 is 10.7 Å². The van der Waals surface area contributed by atoms with Crippen LogP contribution in [0.5, 0.6) is 0 Å². The number of halogens is 1. The molecule has 0 saturated carbocycles. The van der Waals surface area contributed by atoms with E-state index in [-0.39, 0.29) is 5.41 Å². The second-order valence-electron chi connectivity index (χ2n) is 4.04. The van der Waals surface area contributed by atoms with E-state index >= 15 is 0 Å². The van der Waals surface area contributed by atoms with Crippen molar-refractivity contribution in [3.63, 3.8) is 0 Å². The fourth-order valence-corrected chi connectivity index (χ4v) is 2.76. The van der Waals surface area contributed by atoms with Gasteiger partial charge in [-0.15, -0.1) is 0 Å².